The molecule has 4 bridgehead atoms. The summed E-state index contributed by atoms with van der Waals surface area (Å²) in [5.74, 6) is 3.64. The van der Waals surface area contributed by atoms with Crippen LogP contribution in [0, 0.1) is 25.7 Å². The van der Waals surface area contributed by atoms with Gasteiger partial charge in [-0.15, -0.1) is 0 Å². The second kappa shape index (κ2) is 11.4. The number of piperidine rings is 2. The molecule has 2 spiro atoms. The number of nitrogens with zero attached hydrogens (tertiary/aromatic N) is 2. The first kappa shape index (κ1) is 32.1. The summed E-state index contributed by atoms with van der Waals surface area (Å²) in [6.45, 7) is 7.95. The molecule has 7 heteroatoms. The third kappa shape index (κ3) is 4.22. The van der Waals surface area contributed by atoms with E-state index in [1.807, 2.05) is 0 Å². The summed E-state index contributed by atoms with van der Waals surface area (Å²) in [4.78, 5) is 5.14. The van der Waals surface area contributed by atoms with E-state index in [0.717, 1.165) is 44.4 Å². The normalized spacial score (nSPS) is 39.8. The number of aliphatic hydroxyl groups excluding tert-OH is 1. The summed E-state index contributed by atoms with van der Waals surface area (Å²) in [6, 6.07) is 10.4. The van der Waals surface area contributed by atoms with Crippen molar-refractivity contribution in [3.63, 3.8) is 0 Å². The molecule has 4 heterocycles. The molecule has 47 heavy (non-hydrogen) atoms. The molecule has 2 saturated heterocycles. The summed E-state index contributed by atoms with van der Waals surface area (Å²) in [5, 5.41) is 10.6. The highest BCUT2D eigenvalue weighted by Gasteiger charge is 2.66. The van der Waals surface area contributed by atoms with E-state index in [2.05, 4.69) is 62.0 Å². The van der Waals surface area contributed by atoms with E-state index in [9.17, 15) is 5.11 Å². The third-order valence-electron chi connectivity index (χ3n) is 14.2. The molecule has 4 fully saturated rings. The Morgan fingerprint density at radius 2 is 1.30 bits per heavy atom. The van der Waals surface area contributed by atoms with Crippen LogP contribution in [-0.4, -0.2) is 98.9 Å². The molecule has 0 amide bonds. The van der Waals surface area contributed by atoms with Gasteiger partial charge in [0.25, 0.3) is 0 Å². The molecule has 4 aliphatic heterocycles. The second-order valence-electron chi connectivity index (χ2n) is 16.0. The highest BCUT2D eigenvalue weighted by molar-refractivity contribution is 5.59. The van der Waals surface area contributed by atoms with Gasteiger partial charge in [-0.1, -0.05) is 31.7 Å². The van der Waals surface area contributed by atoms with Gasteiger partial charge in [-0.3, -0.25) is 0 Å². The van der Waals surface area contributed by atoms with Gasteiger partial charge in [-0.2, -0.15) is 0 Å². The van der Waals surface area contributed by atoms with Crippen molar-refractivity contribution in [3.05, 3.63) is 57.6 Å². The van der Waals surface area contributed by atoms with E-state index in [4.69, 9.17) is 18.9 Å². The summed E-state index contributed by atoms with van der Waals surface area (Å²) in [6.07, 6.45) is 9.10. The number of rotatable bonds is 4. The number of methoxy groups -OCH3 is 1. The van der Waals surface area contributed by atoms with Gasteiger partial charge in [0.1, 0.15) is 23.7 Å². The predicted octanol–water partition coefficient (Wildman–Crippen LogP) is 5.36. The van der Waals surface area contributed by atoms with E-state index in [1.54, 1.807) is 12.7 Å². The van der Waals surface area contributed by atoms with Crippen molar-refractivity contribution in [1.29, 1.82) is 0 Å². The van der Waals surface area contributed by atoms with E-state index < -0.39 is 0 Å². The van der Waals surface area contributed by atoms with E-state index in [1.165, 1.54) is 59.4 Å². The Morgan fingerprint density at radius 1 is 0.766 bits per heavy atom. The lowest BCUT2D eigenvalue weighted by Gasteiger charge is -2.58. The fraction of sp³-hybridized carbons (Fsp3) is 0.700. The zero-order chi connectivity index (χ0) is 31.5. The van der Waals surface area contributed by atoms with Crippen LogP contribution >= 0.6 is 0 Å². The highest BCUT2D eigenvalue weighted by Crippen LogP contribution is 2.64. The van der Waals surface area contributed by atoms with Crippen LogP contribution in [0.3, 0.4) is 0 Å². The van der Waals surface area contributed by atoms with Crippen LogP contribution in [0.1, 0.15) is 79.3 Å². The van der Waals surface area contributed by atoms with Crippen LogP contribution in [0.25, 0.3) is 0 Å². The first-order valence-corrected chi connectivity index (χ1v) is 18.1. The average molecular weight is 645 g/mol. The molecule has 10 atom stereocenters. The van der Waals surface area contributed by atoms with Crippen molar-refractivity contribution in [2.24, 2.45) is 11.8 Å². The van der Waals surface area contributed by atoms with Crippen LogP contribution in [-0.2, 0) is 33.1 Å². The third-order valence-corrected chi connectivity index (χ3v) is 14.2. The molecular weight excluding hydrogens is 588 g/mol. The number of likely N-dealkylation sites (tertiary alicyclic amines) is 2. The summed E-state index contributed by atoms with van der Waals surface area (Å²) >= 11 is 0. The monoisotopic (exact) mass is 644 g/mol. The minimum atomic E-state index is -0.303. The first-order chi connectivity index (χ1) is 22.3. The molecule has 0 radical (unpaired) electrons. The van der Waals surface area contributed by atoms with E-state index in [0.29, 0.717) is 37.1 Å². The molecule has 4 aliphatic carbocycles. The van der Waals surface area contributed by atoms with Gasteiger partial charge >= 0.3 is 0 Å². The van der Waals surface area contributed by atoms with Crippen molar-refractivity contribution in [3.8, 4) is 11.5 Å². The number of benzene rings is 2. The second-order valence-corrected chi connectivity index (χ2v) is 16.0. The number of aryl methyl sites for hydroxylation is 2. The smallest absolute Gasteiger partial charge is 0.135 e. The number of hydrogen-bond donors (Lipinski definition) is 1. The Morgan fingerprint density at radius 3 is 1.87 bits per heavy atom. The van der Waals surface area contributed by atoms with Crippen LogP contribution in [0.2, 0.25) is 0 Å². The number of ether oxygens (including phenoxy) is 4. The average Bonchev–Trinajstić information content (AvgIpc) is 3.60. The molecule has 7 nitrogen and oxygen atoms in total. The number of aliphatic hydroxyl groups is 1. The van der Waals surface area contributed by atoms with E-state index in [-0.39, 0.29) is 42.7 Å². The van der Waals surface area contributed by atoms with Crippen molar-refractivity contribution >= 4 is 0 Å². The summed E-state index contributed by atoms with van der Waals surface area (Å²) < 4.78 is 24.6. The zero-order valence-electron chi connectivity index (χ0n) is 28.4. The quantitative estimate of drug-likeness (QED) is 0.450. The maximum atomic E-state index is 10.6. The van der Waals surface area contributed by atoms with Crippen molar-refractivity contribution in [2.75, 3.05) is 47.5 Å². The fourth-order valence-electron chi connectivity index (χ4n) is 12.1. The Bertz CT molecular complexity index is 1540. The van der Waals surface area contributed by atoms with Gasteiger partial charge in [-0.25, -0.2) is 0 Å². The molecular formula is C40H56N2O5. The van der Waals surface area contributed by atoms with Crippen LogP contribution in [0.5, 0.6) is 11.5 Å². The predicted molar refractivity (Wildman–Crippen MR) is 184 cm³/mol. The fourth-order valence-corrected chi connectivity index (χ4v) is 12.1. The molecule has 2 aromatic carbocycles. The minimum Gasteiger partial charge on any atom is -0.486 e. The molecule has 256 valence electrons. The largest absolute Gasteiger partial charge is 0.486 e. The van der Waals surface area contributed by atoms with Gasteiger partial charge in [0, 0.05) is 41.2 Å². The Hall–Kier alpha value is -2.16. The summed E-state index contributed by atoms with van der Waals surface area (Å²) in [5.41, 5.74) is 8.79. The van der Waals surface area contributed by atoms with Gasteiger partial charge in [0.05, 0.1) is 25.4 Å². The molecule has 2 saturated carbocycles. The topological polar surface area (TPSA) is 63.6 Å². The van der Waals surface area contributed by atoms with Crippen LogP contribution in [0.15, 0.2) is 24.3 Å². The minimum absolute atomic E-state index is 0. The molecule has 2 unspecified atom stereocenters. The van der Waals surface area contributed by atoms with Gasteiger partial charge in [0.2, 0.25) is 0 Å². The Balaban J connectivity index is 0.000000137. The van der Waals surface area contributed by atoms with Crippen molar-refractivity contribution < 1.29 is 24.1 Å². The van der Waals surface area contributed by atoms with Crippen LogP contribution in [0.4, 0.5) is 0 Å². The molecule has 0 aromatic heterocycles. The number of hydrogen-bond acceptors (Lipinski definition) is 7. The molecule has 2 aromatic rings. The lowest BCUT2D eigenvalue weighted by molar-refractivity contribution is -0.127. The van der Waals surface area contributed by atoms with Crippen molar-refractivity contribution in [2.45, 2.75) is 120 Å². The number of likely N-dealkylation sites (N-methyl/N-ethyl adjacent to an activating group) is 2. The zero-order valence-corrected chi connectivity index (χ0v) is 28.4. The van der Waals surface area contributed by atoms with E-state index >= 15 is 0 Å². The molecule has 1 N–H and O–H groups in total. The Kier molecular flexibility index (Phi) is 7.81. The summed E-state index contributed by atoms with van der Waals surface area (Å²) in [7, 11) is 6.32. The maximum absolute atomic E-state index is 10.6. The van der Waals surface area contributed by atoms with Crippen LogP contribution < -0.4 is 9.47 Å². The highest BCUT2D eigenvalue weighted by atomic mass is 16.6. The van der Waals surface area contributed by atoms with Gasteiger partial charge < -0.3 is 33.9 Å². The molecule has 10 rings (SSSR count). The maximum Gasteiger partial charge on any atom is 0.135 e. The van der Waals surface area contributed by atoms with Crippen molar-refractivity contribution in [1.82, 2.24) is 9.80 Å². The van der Waals surface area contributed by atoms with Gasteiger partial charge in [0.15, 0.2) is 0 Å². The first-order valence-electron chi connectivity index (χ1n) is 18.1. The lowest BCUT2D eigenvalue weighted by atomic mass is 9.51. The molecule has 8 aliphatic rings. The standard InChI is InChI=1S/C21H29NO3.C18H23NO2.CH4/c1-13-4-5-14-12-16-15-6-7-17(24-11-10-23-3)20-21(15,8-9-22(16)2)18(14)19(13)25-20;1-10-3-4-11-9-13-12-5-6-14(20)17-18(12,7-8-19(13)2)15(11)16(10)21-17;/h4-5,15-17,20H,6-12H2,1-3H3;3-4,12-14,17,20H,5-9H2,1-2H3;1H4/t15?,16-,17+,20+,21+;12?,13-,14+,17+,18+;/m11./s1. The Labute approximate surface area is 281 Å². The van der Waals surface area contributed by atoms with Gasteiger partial charge in [-0.05, 0) is 126 Å². The SMILES string of the molecule is C.COCCO[C@H]1CCC2[C@H]3Cc4ccc(C)c5c4[C@@]2(CCN3C)[C@H]1O5.Cc1ccc2c3c1O[C@H]1[C@@H](O)CCC4[C@@H](C2)N(C)CC[C@@]341. The lowest BCUT2D eigenvalue weighted by Crippen LogP contribution is -2.66.